The highest BCUT2D eigenvalue weighted by Crippen LogP contribution is 2.36. The summed E-state index contributed by atoms with van der Waals surface area (Å²) in [4.78, 5) is 6.97. The molecule has 2 aliphatic heterocycles. The van der Waals surface area contributed by atoms with E-state index in [2.05, 4.69) is 70.4 Å². The van der Waals surface area contributed by atoms with Gasteiger partial charge in [-0.15, -0.1) is 0 Å². The molecule has 2 aliphatic rings. The van der Waals surface area contributed by atoms with Crippen molar-refractivity contribution in [1.29, 1.82) is 0 Å². The Labute approximate surface area is 168 Å². The Balaban J connectivity index is 1.62. The number of nitrogens with one attached hydrogen (secondary N) is 2. The van der Waals surface area contributed by atoms with Crippen LogP contribution in [0.25, 0.3) is 0 Å². The lowest BCUT2D eigenvalue weighted by Gasteiger charge is -2.35. The molecule has 0 spiro atoms. The minimum Gasteiger partial charge on any atom is -0.379 e. The molecule has 0 radical (unpaired) electrons. The Morgan fingerprint density at radius 3 is 2.81 bits per heavy atom. The van der Waals surface area contributed by atoms with Crippen molar-refractivity contribution in [2.75, 3.05) is 52.2 Å². The quantitative estimate of drug-likeness (QED) is 0.578. The summed E-state index contributed by atoms with van der Waals surface area (Å²) >= 11 is 2.08. The third-order valence-corrected chi connectivity index (χ3v) is 7.07. The first-order chi connectivity index (χ1) is 13.1. The number of guanidine groups is 1. The summed E-state index contributed by atoms with van der Waals surface area (Å²) in [5.41, 5.74) is 2.66. The normalized spacial score (nSPS) is 25.4. The molecule has 2 saturated heterocycles. The lowest BCUT2D eigenvalue weighted by molar-refractivity contribution is 0.0170. The van der Waals surface area contributed by atoms with Crippen LogP contribution in [0.2, 0.25) is 0 Å². The molecule has 2 unspecified atom stereocenters. The number of thioether (sulfide) groups is 1. The number of hydrogen-bond acceptors (Lipinski definition) is 4. The van der Waals surface area contributed by atoms with E-state index < -0.39 is 0 Å². The highest BCUT2D eigenvalue weighted by atomic mass is 32.2. The average Bonchev–Trinajstić information content (AvgIpc) is 3.12. The molecule has 1 aromatic carbocycles. The van der Waals surface area contributed by atoms with Crippen LogP contribution in [0.1, 0.15) is 36.9 Å². The summed E-state index contributed by atoms with van der Waals surface area (Å²) in [6.45, 7) is 9.89. The second kappa shape index (κ2) is 9.80. The fourth-order valence-electron chi connectivity index (χ4n) is 3.89. The fraction of sp³-hybridized carbons (Fsp3) is 0.667. The Morgan fingerprint density at radius 2 is 2.15 bits per heavy atom. The van der Waals surface area contributed by atoms with Crippen molar-refractivity contribution >= 4 is 17.7 Å². The van der Waals surface area contributed by atoms with Gasteiger partial charge in [-0.2, -0.15) is 11.8 Å². The van der Waals surface area contributed by atoms with Gasteiger partial charge in [0.05, 0.1) is 19.3 Å². The SMILES string of the molecule is CN=C(NCC(c1cccc(C)c1)N1CCOCC1)NCC1(C)CCCS1. The number of ether oxygens (including phenoxy) is 1. The van der Waals surface area contributed by atoms with Crippen LogP contribution in [0, 0.1) is 6.92 Å². The van der Waals surface area contributed by atoms with E-state index in [0.717, 1.165) is 45.4 Å². The third kappa shape index (κ3) is 5.87. The molecule has 150 valence electrons. The van der Waals surface area contributed by atoms with E-state index in [9.17, 15) is 0 Å². The fourth-order valence-corrected chi connectivity index (χ4v) is 5.13. The van der Waals surface area contributed by atoms with Crippen molar-refractivity contribution in [2.24, 2.45) is 4.99 Å². The highest BCUT2D eigenvalue weighted by Gasteiger charge is 2.29. The van der Waals surface area contributed by atoms with Crippen LogP contribution in [0.15, 0.2) is 29.3 Å². The number of aryl methyl sites for hydroxylation is 1. The summed E-state index contributed by atoms with van der Waals surface area (Å²) < 4.78 is 5.89. The molecule has 0 aromatic heterocycles. The predicted octanol–water partition coefficient (Wildman–Crippen LogP) is 2.82. The Morgan fingerprint density at radius 1 is 1.33 bits per heavy atom. The number of nitrogens with zero attached hydrogens (tertiary/aromatic N) is 2. The minimum atomic E-state index is 0.323. The summed E-state index contributed by atoms with van der Waals surface area (Å²) in [6, 6.07) is 9.18. The van der Waals surface area contributed by atoms with Crippen molar-refractivity contribution in [2.45, 2.75) is 37.5 Å². The molecule has 27 heavy (non-hydrogen) atoms. The van der Waals surface area contributed by atoms with Gasteiger partial charge in [0, 0.05) is 38.0 Å². The molecule has 2 heterocycles. The largest absolute Gasteiger partial charge is 0.379 e. The molecule has 5 nitrogen and oxygen atoms in total. The topological polar surface area (TPSA) is 48.9 Å². The van der Waals surface area contributed by atoms with Crippen LogP contribution in [0.4, 0.5) is 0 Å². The Bertz CT molecular complexity index is 624. The number of morpholine rings is 1. The van der Waals surface area contributed by atoms with Gasteiger partial charge >= 0.3 is 0 Å². The van der Waals surface area contributed by atoms with Crippen LogP contribution < -0.4 is 10.6 Å². The van der Waals surface area contributed by atoms with Crippen molar-refractivity contribution in [3.8, 4) is 0 Å². The zero-order valence-electron chi connectivity index (χ0n) is 17.0. The van der Waals surface area contributed by atoms with E-state index in [1.54, 1.807) is 0 Å². The van der Waals surface area contributed by atoms with Crippen LogP contribution >= 0.6 is 11.8 Å². The van der Waals surface area contributed by atoms with Gasteiger partial charge in [0.25, 0.3) is 0 Å². The molecular weight excluding hydrogens is 356 g/mol. The Hall–Kier alpha value is -1.24. The molecule has 1 aromatic rings. The van der Waals surface area contributed by atoms with Gasteiger partial charge < -0.3 is 15.4 Å². The zero-order valence-corrected chi connectivity index (χ0v) is 17.8. The molecule has 2 N–H and O–H groups in total. The first-order valence-corrected chi connectivity index (χ1v) is 11.0. The predicted molar refractivity (Wildman–Crippen MR) is 116 cm³/mol. The average molecular weight is 391 g/mol. The first-order valence-electron chi connectivity index (χ1n) is 10.1. The molecule has 2 fully saturated rings. The number of benzene rings is 1. The van der Waals surface area contributed by atoms with E-state index in [1.165, 1.54) is 29.7 Å². The van der Waals surface area contributed by atoms with Crippen molar-refractivity contribution < 1.29 is 4.74 Å². The standard InChI is InChI=1S/C21H34N4OS/c1-17-6-4-7-18(14-17)19(25-9-11-26-12-10-25)15-23-20(22-3)24-16-21(2)8-5-13-27-21/h4,6-7,14,19H,5,8-13,15-16H2,1-3H3,(H2,22,23,24). The second-order valence-electron chi connectivity index (χ2n) is 7.79. The number of aliphatic imine (C=N–C) groups is 1. The van der Waals surface area contributed by atoms with E-state index in [1.807, 2.05) is 7.05 Å². The van der Waals surface area contributed by atoms with Crippen molar-refractivity contribution in [1.82, 2.24) is 15.5 Å². The van der Waals surface area contributed by atoms with E-state index in [-0.39, 0.29) is 0 Å². The second-order valence-corrected chi connectivity index (χ2v) is 9.47. The smallest absolute Gasteiger partial charge is 0.191 e. The third-order valence-electron chi connectivity index (χ3n) is 5.53. The van der Waals surface area contributed by atoms with Gasteiger partial charge in [0.2, 0.25) is 0 Å². The first kappa shape index (κ1) is 20.5. The monoisotopic (exact) mass is 390 g/mol. The lowest BCUT2D eigenvalue weighted by Crippen LogP contribution is -2.48. The van der Waals surface area contributed by atoms with E-state index in [0.29, 0.717) is 10.8 Å². The van der Waals surface area contributed by atoms with Crippen LogP contribution in [-0.2, 0) is 4.74 Å². The number of rotatable bonds is 6. The van der Waals surface area contributed by atoms with Crippen molar-refractivity contribution in [3.63, 3.8) is 0 Å². The molecule has 6 heteroatoms. The van der Waals surface area contributed by atoms with Gasteiger partial charge in [-0.05, 0) is 38.0 Å². The summed E-state index contributed by atoms with van der Waals surface area (Å²) in [6.07, 6.45) is 2.60. The summed E-state index contributed by atoms with van der Waals surface area (Å²) in [5, 5.41) is 7.12. The molecule has 3 rings (SSSR count). The highest BCUT2D eigenvalue weighted by molar-refractivity contribution is 8.00. The maximum absolute atomic E-state index is 5.56. The molecule has 0 amide bonds. The van der Waals surface area contributed by atoms with Crippen molar-refractivity contribution in [3.05, 3.63) is 35.4 Å². The van der Waals surface area contributed by atoms with Gasteiger partial charge in [0.15, 0.2) is 5.96 Å². The lowest BCUT2D eigenvalue weighted by atomic mass is 10.0. The van der Waals surface area contributed by atoms with Gasteiger partial charge in [-0.3, -0.25) is 9.89 Å². The van der Waals surface area contributed by atoms with Gasteiger partial charge in [0.1, 0.15) is 0 Å². The van der Waals surface area contributed by atoms with Crippen LogP contribution in [0.5, 0.6) is 0 Å². The summed E-state index contributed by atoms with van der Waals surface area (Å²) in [7, 11) is 1.86. The molecule has 0 bridgehead atoms. The number of hydrogen-bond donors (Lipinski definition) is 2. The molecule has 0 aliphatic carbocycles. The van der Waals surface area contributed by atoms with Gasteiger partial charge in [-0.25, -0.2) is 0 Å². The minimum absolute atomic E-state index is 0.323. The zero-order chi connectivity index (χ0) is 19.1. The molecule has 0 saturated carbocycles. The van der Waals surface area contributed by atoms with Gasteiger partial charge in [-0.1, -0.05) is 29.8 Å². The molecule has 2 atom stereocenters. The Kier molecular flexibility index (Phi) is 7.44. The van der Waals surface area contributed by atoms with E-state index >= 15 is 0 Å². The maximum Gasteiger partial charge on any atom is 0.191 e. The van der Waals surface area contributed by atoms with E-state index in [4.69, 9.17) is 4.74 Å². The summed E-state index contributed by atoms with van der Waals surface area (Å²) in [5.74, 6) is 2.17. The maximum atomic E-state index is 5.56. The van der Waals surface area contributed by atoms with Crippen LogP contribution in [-0.4, -0.2) is 67.8 Å². The molecular formula is C21H34N4OS. The van der Waals surface area contributed by atoms with Crippen LogP contribution in [0.3, 0.4) is 0 Å².